The normalized spacial score (nSPS) is 11.7. The summed E-state index contributed by atoms with van der Waals surface area (Å²) in [5, 5.41) is 2.84. The van der Waals surface area contributed by atoms with E-state index < -0.39 is 26.9 Å². The molecule has 9 heteroatoms. The Kier molecular flexibility index (Phi) is 4.15. The number of nitrogens with zero attached hydrogens (tertiary/aromatic N) is 1. The van der Waals surface area contributed by atoms with Gasteiger partial charge in [-0.3, -0.25) is 9.35 Å². The maximum absolute atomic E-state index is 13.3. The fourth-order valence-corrected chi connectivity index (χ4v) is 1.84. The van der Waals surface area contributed by atoms with Crippen LogP contribution in [0.15, 0.2) is 51.0 Å². The van der Waals surface area contributed by atoms with Gasteiger partial charge in [0.25, 0.3) is 5.91 Å². The molecule has 0 fully saturated rings. The molecule has 0 saturated carbocycles. The number of carbonyl (C=O) groups is 1. The number of hydrogen-bond acceptors (Lipinski definition) is 5. The van der Waals surface area contributed by atoms with E-state index in [9.17, 15) is 17.6 Å². The Morgan fingerprint density at radius 1 is 1.29 bits per heavy atom. The standard InChI is InChI=1S/C12H9FN2O5S/c13-10-4-2-1-3-9(10)12(16)15-14-7-8-5-6-11(20-8)21(17,18)19/h1-7H,(H,15,16)(H,17,18,19). The Hall–Kier alpha value is -2.52. The average molecular weight is 312 g/mol. The van der Waals surface area contributed by atoms with E-state index in [1.54, 1.807) is 0 Å². The third kappa shape index (κ3) is 3.74. The van der Waals surface area contributed by atoms with Crippen LogP contribution in [-0.2, 0) is 10.1 Å². The molecule has 2 aromatic rings. The number of hydrazone groups is 1. The van der Waals surface area contributed by atoms with Crippen LogP contribution in [0.3, 0.4) is 0 Å². The molecule has 21 heavy (non-hydrogen) atoms. The molecule has 0 bridgehead atoms. The molecule has 2 rings (SSSR count). The number of hydrogen-bond donors (Lipinski definition) is 2. The molecule has 0 atom stereocenters. The molecule has 0 saturated heterocycles. The molecule has 0 aliphatic rings. The number of furan rings is 1. The van der Waals surface area contributed by atoms with Gasteiger partial charge in [-0.2, -0.15) is 13.5 Å². The lowest BCUT2D eigenvalue weighted by molar-refractivity contribution is 0.0951. The van der Waals surface area contributed by atoms with Gasteiger partial charge in [-0.05, 0) is 24.3 Å². The van der Waals surface area contributed by atoms with E-state index in [0.717, 1.165) is 18.3 Å². The largest absolute Gasteiger partial charge is 0.441 e. The van der Waals surface area contributed by atoms with Gasteiger partial charge >= 0.3 is 10.1 Å². The summed E-state index contributed by atoms with van der Waals surface area (Å²) >= 11 is 0. The summed E-state index contributed by atoms with van der Waals surface area (Å²) in [4.78, 5) is 11.6. The topological polar surface area (TPSA) is 109 Å². The van der Waals surface area contributed by atoms with Gasteiger partial charge in [0, 0.05) is 0 Å². The third-order valence-corrected chi connectivity index (χ3v) is 3.06. The first-order valence-corrected chi connectivity index (χ1v) is 6.97. The minimum Gasteiger partial charge on any atom is -0.441 e. The molecule has 1 aromatic heterocycles. The highest BCUT2D eigenvalue weighted by atomic mass is 32.2. The van der Waals surface area contributed by atoms with Crippen LogP contribution >= 0.6 is 0 Å². The minimum atomic E-state index is -4.44. The molecule has 0 spiro atoms. The predicted octanol–water partition coefficient (Wildman–Crippen LogP) is 1.43. The summed E-state index contributed by atoms with van der Waals surface area (Å²) in [5.41, 5.74) is 1.87. The fraction of sp³-hybridized carbons (Fsp3) is 0. The molecule has 1 amide bonds. The zero-order valence-electron chi connectivity index (χ0n) is 10.4. The Morgan fingerprint density at radius 3 is 2.62 bits per heavy atom. The lowest BCUT2D eigenvalue weighted by atomic mass is 10.2. The van der Waals surface area contributed by atoms with E-state index in [1.165, 1.54) is 24.3 Å². The summed E-state index contributed by atoms with van der Waals surface area (Å²) in [6.07, 6.45) is 1.01. The Morgan fingerprint density at radius 2 is 2.00 bits per heavy atom. The highest BCUT2D eigenvalue weighted by molar-refractivity contribution is 7.85. The van der Waals surface area contributed by atoms with Gasteiger partial charge in [0.15, 0.2) is 0 Å². The smallest absolute Gasteiger partial charge is 0.328 e. The summed E-state index contributed by atoms with van der Waals surface area (Å²) in [5.74, 6) is -1.49. The van der Waals surface area contributed by atoms with E-state index in [0.29, 0.717) is 0 Å². The van der Waals surface area contributed by atoms with E-state index in [1.807, 2.05) is 0 Å². The van der Waals surface area contributed by atoms with Crippen molar-refractivity contribution in [3.63, 3.8) is 0 Å². The average Bonchev–Trinajstić information content (AvgIpc) is 2.88. The maximum Gasteiger partial charge on any atom is 0.328 e. The zero-order valence-corrected chi connectivity index (χ0v) is 11.2. The third-order valence-electron chi connectivity index (χ3n) is 2.33. The van der Waals surface area contributed by atoms with Crippen molar-refractivity contribution in [2.45, 2.75) is 5.09 Å². The minimum absolute atomic E-state index is 0.0172. The van der Waals surface area contributed by atoms with Gasteiger partial charge in [0.05, 0.1) is 11.8 Å². The second-order valence-electron chi connectivity index (χ2n) is 3.81. The molecule has 0 radical (unpaired) electrons. The van der Waals surface area contributed by atoms with Crippen molar-refractivity contribution in [3.05, 3.63) is 53.5 Å². The van der Waals surface area contributed by atoms with Gasteiger partial charge < -0.3 is 4.42 Å². The second kappa shape index (κ2) is 5.85. The number of benzene rings is 1. The van der Waals surface area contributed by atoms with E-state index >= 15 is 0 Å². The summed E-state index contributed by atoms with van der Waals surface area (Å²) in [7, 11) is -4.44. The van der Waals surface area contributed by atoms with Gasteiger partial charge in [-0.15, -0.1) is 0 Å². The zero-order chi connectivity index (χ0) is 15.5. The monoisotopic (exact) mass is 312 g/mol. The van der Waals surface area contributed by atoms with Crippen molar-refractivity contribution in [2.24, 2.45) is 5.10 Å². The van der Waals surface area contributed by atoms with Crippen LogP contribution in [0.1, 0.15) is 16.1 Å². The lowest BCUT2D eigenvalue weighted by Crippen LogP contribution is -2.18. The van der Waals surface area contributed by atoms with Crippen LogP contribution in [0.5, 0.6) is 0 Å². The summed E-state index contributed by atoms with van der Waals surface area (Å²) < 4.78 is 48.3. The van der Waals surface area contributed by atoms with Crippen molar-refractivity contribution < 1.29 is 26.6 Å². The molecule has 110 valence electrons. The first kappa shape index (κ1) is 14.9. The van der Waals surface area contributed by atoms with Crippen molar-refractivity contribution in [1.82, 2.24) is 5.43 Å². The highest BCUT2D eigenvalue weighted by Gasteiger charge is 2.14. The van der Waals surface area contributed by atoms with Crippen LogP contribution in [0, 0.1) is 5.82 Å². The Balaban J connectivity index is 2.05. The Labute approximate surface area is 118 Å². The Bertz CT molecular complexity index is 797. The molecule has 1 heterocycles. The van der Waals surface area contributed by atoms with Gasteiger partial charge in [0.2, 0.25) is 5.09 Å². The number of amides is 1. The molecular formula is C12H9FN2O5S. The summed E-state index contributed by atoms with van der Waals surface area (Å²) in [6, 6.07) is 7.59. The number of halogens is 1. The highest BCUT2D eigenvalue weighted by Crippen LogP contribution is 2.11. The van der Waals surface area contributed by atoms with E-state index in [2.05, 4.69) is 10.5 Å². The first-order valence-electron chi connectivity index (χ1n) is 5.53. The van der Waals surface area contributed by atoms with Gasteiger partial charge in [0.1, 0.15) is 11.6 Å². The van der Waals surface area contributed by atoms with Crippen molar-refractivity contribution in [1.29, 1.82) is 0 Å². The van der Waals surface area contributed by atoms with Gasteiger partial charge in [-0.25, -0.2) is 9.82 Å². The van der Waals surface area contributed by atoms with Crippen LogP contribution in [0.4, 0.5) is 4.39 Å². The molecule has 7 nitrogen and oxygen atoms in total. The van der Waals surface area contributed by atoms with Crippen LogP contribution in [0.2, 0.25) is 0 Å². The van der Waals surface area contributed by atoms with Crippen LogP contribution in [0.25, 0.3) is 0 Å². The maximum atomic E-state index is 13.3. The molecule has 2 N–H and O–H groups in total. The van der Waals surface area contributed by atoms with Crippen molar-refractivity contribution in [3.8, 4) is 0 Å². The van der Waals surface area contributed by atoms with Crippen LogP contribution in [-0.4, -0.2) is 25.1 Å². The molecule has 0 aliphatic heterocycles. The second-order valence-corrected chi connectivity index (χ2v) is 5.16. The van der Waals surface area contributed by atoms with Crippen LogP contribution < -0.4 is 5.43 Å². The summed E-state index contributed by atoms with van der Waals surface area (Å²) in [6.45, 7) is 0. The number of nitrogens with one attached hydrogen (secondary N) is 1. The quantitative estimate of drug-likeness (QED) is 0.504. The van der Waals surface area contributed by atoms with E-state index in [4.69, 9.17) is 8.97 Å². The predicted molar refractivity (Wildman–Crippen MR) is 70.0 cm³/mol. The van der Waals surface area contributed by atoms with Crippen molar-refractivity contribution >= 4 is 22.2 Å². The number of rotatable bonds is 4. The lowest BCUT2D eigenvalue weighted by Gasteiger charge is -2.00. The van der Waals surface area contributed by atoms with E-state index in [-0.39, 0.29) is 11.3 Å². The molecule has 0 aliphatic carbocycles. The number of carbonyl (C=O) groups excluding carboxylic acids is 1. The molecular weight excluding hydrogens is 303 g/mol. The fourth-order valence-electron chi connectivity index (χ4n) is 1.40. The SMILES string of the molecule is O=C(NN=Cc1ccc(S(=O)(=O)O)o1)c1ccccc1F. The first-order chi connectivity index (χ1) is 9.88. The van der Waals surface area contributed by atoms with Gasteiger partial charge in [-0.1, -0.05) is 12.1 Å². The molecule has 0 unspecified atom stereocenters. The van der Waals surface area contributed by atoms with Crippen molar-refractivity contribution in [2.75, 3.05) is 0 Å². The molecule has 1 aromatic carbocycles.